The number of aryl methyl sites for hydroxylation is 3. The highest BCUT2D eigenvalue weighted by atomic mass is 16.5. The average Bonchev–Trinajstić information content (AvgIpc) is 3.12. The summed E-state index contributed by atoms with van der Waals surface area (Å²) in [5.74, 6) is 1.01. The summed E-state index contributed by atoms with van der Waals surface area (Å²) in [5.41, 5.74) is 6.14. The Labute approximate surface area is 174 Å². The largest absolute Gasteiger partial charge is 0.483 e. The van der Waals surface area contributed by atoms with Gasteiger partial charge < -0.3 is 19.9 Å². The number of amides is 1. The van der Waals surface area contributed by atoms with Gasteiger partial charge in [-0.15, -0.1) is 0 Å². The molecule has 0 unspecified atom stereocenters. The van der Waals surface area contributed by atoms with E-state index in [1.165, 1.54) is 0 Å². The van der Waals surface area contributed by atoms with Gasteiger partial charge >= 0.3 is 0 Å². The molecule has 0 saturated heterocycles. The number of para-hydroxylation sites is 1. The SMILES string of the molecule is Cc1ccc2oc(-c3ccc(C)c(NC(=O)COc4ccccc4C)c3)nc2c1.O. The minimum absolute atomic E-state index is 0. The molecule has 4 aromatic rings. The van der Waals surface area contributed by atoms with Crippen LogP contribution in [0.2, 0.25) is 0 Å². The van der Waals surface area contributed by atoms with Gasteiger partial charge in [-0.3, -0.25) is 4.79 Å². The average molecular weight is 404 g/mol. The van der Waals surface area contributed by atoms with E-state index >= 15 is 0 Å². The monoisotopic (exact) mass is 404 g/mol. The number of rotatable bonds is 5. The van der Waals surface area contributed by atoms with E-state index in [1.807, 2.05) is 81.4 Å². The minimum atomic E-state index is -0.221. The summed E-state index contributed by atoms with van der Waals surface area (Å²) in [4.78, 5) is 17.0. The number of oxazole rings is 1. The molecule has 0 aliphatic carbocycles. The van der Waals surface area contributed by atoms with Crippen LogP contribution in [0.4, 0.5) is 5.69 Å². The molecule has 4 rings (SSSR count). The van der Waals surface area contributed by atoms with Crippen molar-refractivity contribution in [3.8, 4) is 17.2 Å². The van der Waals surface area contributed by atoms with Crippen LogP contribution in [-0.2, 0) is 4.79 Å². The fraction of sp³-hybridized carbons (Fsp3) is 0.167. The van der Waals surface area contributed by atoms with Crippen molar-refractivity contribution in [3.05, 3.63) is 77.4 Å². The summed E-state index contributed by atoms with van der Waals surface area (Å²) in [6.07, 6.45) is 0. The first-order valence-electron chi connectivity index (χ1n) is 9.46. The predicted octanol–water partition coefficient (Wildman–Crippen LogP) is 4.61. The van der Waals surface area contributed by atoms with E-state index < -0.39 is 0 Å². The molecule has 6 nitrogen and oxygen atoms in total. The third kappa shape index (κ3) is 4.50. The van der Waals surface area contributed by atoms with Crippen molar-refractivity contribution in [1.29, 1.82) is 0 Å². The van der Waals surface area contributed by atoms with E-state index in [0.29, 0.717) is 17.3 Å². The van der Waals surface area contributed by atoms with Crippen LogP contribution in [0.1, 0.15) is 16.7 Å². The normalized spacial score (nSPS) is 10.5. The Kier molecular flexibility index (Phi) is 6.18. The van der Waals surface area contributed by atoms with Crippen molar-refractivity contribution in [1.82, 2.24) is 4.98 Å². The number of hydrogen-bond acceptors (Lipinski definition) is 4. The third-order valence-corrected chi connectivity index (χ3v) is 4.75. The number of anilines is 1. The molecule has 1 amide bonds. The highest BCUT2D eigenvalue weighted by Gasteiger charge is 2.12. The van der Waals surface area contributed by atoms with Crippen molar-refractivity contribution in [2.75, 3.05) is 11.9 Å². The van der Waals surface area contributed by atoms with Gasteiger partial charge in [0.1, 0.15) is 11.3 Å². The van der Waals surface area contributed by atoms with Gasteiger partial charge in [-0.1, -0.05) is 30.3 Å². The number of carbonyl (C=O) groups excluding carboxylic acids is 1. The zero-order valence-electron chi connectivity index (χ0n) is 17.2. The van der Waals surface area contributed by atoms with Crippen LogP contribution in [0.5, 0.6) is 5.75 Å². The fourth-order valence-electron chi connectivity index (χ4n) is 3.10. The van der Waals surface area contributed by atoms with Crippen LogP contribution >= 0.6 is 0 Å². The molecule has 0 bridgehead atoms. The van der Waals surface area contributed by atoms with Crippen LogP contribution in [0.25, 0.3) is 22.6 Å². The molecule has 1 aromatic heterocycles. The lowest BCUT2D eigenvalue weighted by molar-refractivity contribution is -0.118. The molecule has 6 heteroatoms. The molecule has 0 radical (unpaired) electrons. The number of nitrogens with one attached hydrogen (secondary N) is 1. The Morgan fingerprint density at radius 2 is 1.80 bits per heavy atom. The molecule has 0 aliphatic heterocycles. The molecular formula is C24H24N2O4. The number of ether oxygens (including phenoxy) is 1. The molecule has 3 aromatic carbocycles. The minimum Gasteiger partial charge on any atom is -0.483 e. The molecular weight excluding hydrogens is 380 g/mol. The molecule has 0 saturated carbocycles. The first kappa shape index (κ1) is 21.1. The number of hydrogen-bond donors (Lipinski definition) is 1. The second-order valence-electron chi connectivity index (χ2n) is 7.12. The lowest BCUT2D eigenvalue weighted by Gasteiger charge is -2.11. The van der Waals surface area contributed by atoms with Gasteiger partial charge in [0.05, 0.1) is 0 Å². The summed E-state index contributed by atoms with van der Waals surface area (Å²) in [6, 6.07) is 19.3. The zero-order chi connectivity index (χ0) is 20.4. The molecule has 0 atom stereocenters. The van der Waals surface area contributed by atoms with Gasteiger partial charge in [-0.2, -0.15) is 0 Å². The van der Waals surface area contributed by atoms with E-state index in [0.717, 1.165) is 33.4 Å². The lowest BCUT2D eigenvalue weighted by atomic mass is 10.1. The predicted molar refractivity (Wildman–Crippen MR) is 118 cm³/mol. The van der Waals surface area contributed by atoms with Crippen LogP contribution in [-0.4, -0.2) is 23.0 Å². The number of nitrogens with zero attached hydrogens (tertiary/aromatic N) is 1. The number of carbonyl (C=O) groups is 1. The summed E-state index contributed by atoms with van der Waals surface area (Å²) in [7, 11) is 0. The standard InChI is InChI=1S/C24H22N2O3.H2O/c1-15-8-11-22-20(12-15)26-24(29-22)18-10-9-16(2)19(13-18)25-23(27)14-28-21-7-5-4-6-17(21)3;/h4-13H,14H2,1-3H3,(H,25,27);1H2. The Hall–Kier alpha value is -3.64. The maximum atomic E-state index is 12.4. The van der Waals surface area contributed by atoms with Crippen LogP contribution in [0, 0.1) is 20.8 Å². The quantitative estimate of drug-likeness (QED) is 0.525. The van der Waals surface area contributed by atoms with Gasteiger partial charge in [-0.05, 0) is 67.8 Å². The first-order valence-corrected chi connectivity index (χ1v) is 9.46. The summed E-state index contributed by atoms with van der Waals surface area (Å²) < 4.78 is 11.5. The maximum absolute atomic E-state index is 12.4. The molecule has 0 aliphatic rings. The lowest BCUT2D eigenvalue weighted by Crippen LogP contribution is -2.20. The van der Waals surface area contributed by atoms with Crippen molar-refractivity contribution in [2.24, 2.45) is 0 Å². The highest BCUT2D eigenvalue weighted by Crippen LogP contribution is 2.28. The van der Waals surface area contributed by atoms with Gasteiger partial charge in [0.15, 0.2) is 12.2 Å². The molecule has 30 heavy (non-hydrogen) atoms. The first-order chi connectivity index (χ1) is 14.0. The topological polar surface area (TPSA) is 95.9 Å². The Bertz CT molecular complexity index is 1200. The zero-order valence-corrected chi connectivity index (χ0v) is 17.2. The Morgan fingerprint density at radius 1 is 1.00 bits per heavy atom. The number of fused-ring (bicyclic) bond motifs is 1. The summed E-state index contributed by atoms with van der Waals surface area (Å²) in [6.45, 7) is 5.85. The van der Waals surface area contributed by atoms with Gasteiger partial charge in [0.25, 0.3) is 5.91 Å². The van der Waals surface area contributed by atoms with E-state index in [-0.39, 0.29) is 18.0 Å². The van der Waals surface area contributed by atoms with Crippen molar-refractivity contribution in [2.45, 2.75) is 20.8 Å². The van der Waals surface area contributed by atoms with Crippen molar-refractivity contribution in [3.63, 3.8) is 0 Å². The van der Waals surface area contributed by atoms with Gasteiger partial charge in [0, 0.05) is 11.3 Å². The van der Waals surface area contributed by atoms with Crippen molar-refractivity contribution < 1.29 is 19.4 Å². The highest BCUT2D eigenvalue weighted by molar-refractivity contribution is 5.93. The van der Waals surface area contributed by atoms with Gasteiger partial charge in [0.2, 0.25) is 5.89 Å². The maximum Gasteiger partial charge on any atom is 0.262 e. The molecule has 0 fully saturated rings. The summed E-state index contributed by atoms with van der Waals surface area (Å²) in [5, 5.41) is 2.92. The molecule has 0 spiro atoms. The molecule has 154 valence electrons. The fourth-order valence-corrected chi connectivity index (χ4v) is 3.10. The second kappa shape index (κ2) is 8.80. The molecule has 1 heterocycles. The van der Waals surface area contributed by atoms with E-state index in [1.54, 1.807) is 0 Å². The van der Waals surface area contributed by atoms with E-state index in [9.17, 15) is 4.79 Å². The number of aromatic nitrogens is 1. The van der Waals surface area contributed by atoms with Crippen LogP contribution < -0.4 is 10.1 Å². The summed E-state index contributed by atoms with van der Waals surface area (Å²) >= 11 is 0. The van der Waals surface area contributed by atoms with Crippen LogP contribution in [0.3, 0.4) is 0 Å². The van der Waals surface area contributed by atoms with Crippen LogP contribution in [0.15, 0.2) is 65.1 Å². The van der Waals surface area contributed by atoms with Gasteiger partial charge in [-0.25, -0.2) is 4.98 Å². The third-order valence-electron chi connectivity index (χ3n) is 4.75. The Balaban J connectivity index is 0.00000256. The smallest absolute Gasteiger partial charge is 0.262 e. The second-order valence-corrected chi connectivity index (χ2v) is 7.12. The van der Waals surface area contributed by atoms with E-state index in [4.69, 9.17) is 9.15 Å². The van der Waals surface area contributed by atoms with Crippen molar-refractivity contribution >= 4 is 22.7 Å². The molecule has 3 N–H and O–H groups in total. The Morgan fingerprint density at radius 3 is 2.60 bits per heavy atom. The number of benzene rings is 3. The van der Waals surface area contributed by atoms with E-state index in [2.05, 4.69) is 10.3 Å².